The van der Waals surface area contributed by atoms with Crippen molar-refractivity contribution in [1.29, 1.82) is 0 Å². The Hall–Kier alpha value is -1.26. The van der Waals surface area contributed by atoms with E-state index in [0.29, 0.717) is 0 Å². The molecule has 30 heavy (non-hydrogen) atoms. The van der Waals surface area contributed by atoms with Crippen molar-refractivity contribution >= 4 is 20.6 Å². The largest absolute Gasteiger partial charge is 0.508 e. The van der Waals surface area contributed by atoms with Gasteiger partial charge in [0.1, 0.15) is 5.75 Å². The Bertz CT molecular complexity index is 862. The van der Waals surface area contributed by atoms with Gasteiger partial charge in [0.15, 0.2) is 0 Å². The van der Waals surface area contributed by atoms with Crippen molar-refractivity contribution in [3.8, 4) is 11.5 Å². The molecule has 0 atom stereocenters. The van der Waals surface area contributed by atoms with Gasteiger partial charge in [-0.2, -0.15) is 0 Å². The van der Waals surface area contributed by atoms with Gasteiger partial charge >= 0.3 is 135 Å². The number of rotatable bonds is 4. The van der Waals surface area contributed by atoms with Crippen LogP contribution in [0.25, 0.3) is 0 Å². The van der Waals surface area contributed by atoms with Gasteiger partial charge in [-0.1, -0.05) is 11.6 Å². The quantitative estimate of drug-likeness (QED) is 0.414. The molecule has 0 aromatic heterocycles. The molecule has 0 saturated carbocycles. The summed E-state index contributed by atoms with van der Waals surface area (Å²) in [7, 11) is 0. The van der Waals surface area contributed by atoms with Crippen LogP contribution in [0.4, 0.5) is 0 Å². The third-order valence-corrected chi connectivity index (χ3v) is 10.8. The summed E-state index contributed by atoms with van der Waals surface area (Å²) >= 11 is 3.84. The molecule has 0 heterocycles. The smallest absolute Gasteiger partial charge is 0.116 e. The zero-order valence-corrected chi connectivity index (χ0v) is 25.6. The number of phenols is 2. The van der Waals surface area contributed by atoms with Crippen molar-refractivity contribution in [3.05, 3.63) is 52.0 Å². The second-order valence-electron chi connectivity index (χ2n) is 9.64. The second-order valence-corrected chi connectivity index (χ2v) is 15.2. The molecular formula is C24H33ClHgO4. The first-order chi connectivity index (χ1) is 13.6. The van der Waals surface area contributed by atoms with Crippen LogP contribution >= 0.6 is 11.6 Å². The van der Waals surface area contributed by atoms with E-state index in [2.05, 4.69) is 34.6 Å². The Morgan fingerprint density at radius 1 is 1.03 bits per heavy atom. The molecule has 2 aromatic rings. The van der Waals surface area contributed by atoms with Crippen molar-refractivity contribution in [1.82, 2.24) is 0 Å². The SMILES string of the molecule is CC(=O)[O][Hg][c]1cc(C(C)(C)CC(C)(C)C)ccc1O.Cc1cc(O)cc(C)c1Cl. The Labute approximate surface area is 198 Å². The molecule has 0 saturated heterocycles. The molecular weight excluding hydrogens is 588 g/mol. The maximum absolute atomic E-state index is 10.9. The monoisotopic (exact) mass is 622 g/mol. The fraction of sp³-hybridized carbons (Fsp3) is 0.458. The van der Waals surface area contributed by atoms with Crippen LogP contribution in [-0.4, -0.2) is 16.2 Å². The van der Waals surface area contributed by atoms with Gasteiger partial charge in [0, 0.05) is 5.02 Å². The van der Waals surface area contributed by atoms with E-state index >= 15 is 0 Å². The topological polar surface area (TPSA) is 66.8 Å². The number of hydrogen-bond acceptors (Lipinski definition) is 4. The maximum atomic E-state index is 10.9. The summed E-state index contributed by atoms with van der Waals surface area (Å²) in [4.78, 5) is 10.9. The van der Waals surface area contributed by atoms with Crippen LogP contribution in [0.2, 0.25) is 5.02 Å². The van der Waals surface area contributed by atoms with Crippen LogP contribution in [0, 0.1) is 19.3 Å². The predicted octanol–water partition coefficient (Wildman–Crippen LogP) is 5.95. The summed E-state index contributed by atoms with van der Waals surface area (Å²) in [6, 6.07) is 9.04. The first-order valence-corrected chi connectivity index (χ1v) is 15.4. The average molecular weight is 622 g/mol. The Morgan fingerprint density at radius 3 is 2.03 bits per heavy atom. The predicted molar refractivity (Wildman–Crippen MR) is 119 cm³/mol. The number of aromatic hydroxyl groups is 2. The minimum absolute atomic E-state index is 0.0325. The number of carbonyl (C=O) groups is 1. The van der Waals surface area contributed by atoms with E-state index in [1.807, 2.05) is 26.0 Å². The number of phenolic OH excluding ortho intramolecular Hbond substituents is 2. The normalized spacial score (nSPS) is 11.2. The van der Waals surface area contributed by atoms with Gasteiger partial charge in [0.2, 0.25) is 0 Å². The van der Waals surface area contributed by atoms with Crippen LogP contribution in [-0.2, 0) is 37.9 Å². The summed E-state index contributed by atoms with van der Waals surface area (Å²) in [5.74, 6) is 0.299. The van der Waals surface area contributed by atoms with Crippen molar-refractivity contribution in [3.63, 3.8) is 0 Å². The van der Waals surface area contributed by atoms with E-state index in [0.717, 1.165) is 25.6 Å². The first kappa shape index (κ1) is 26.8. The summed E-state index contributed by atoms with van der Waals surface area (Å²) in [6.07, 6.45) is 1.05. The van der Waals surface area contributed by atoms with Gasteiger partial charge in [-0.15, -0.1) is 0 Å². The Morgan fingerprint density at radius 2 is 1.57 bits per heavy atom. The first-order valence-electron chi connectivity index (χ1n) is 10.0. The molecule has 162 valence electrons. The molecule has 2 N–H and O–H groups in total. The Kier molecular flexibility index (Phi) is 9.69. The molecule has 0 spiro atoms. The number of benzene rings is 2. The third-order valence-electron chi connectivity index (χ3n) is 4.69. The number of hydrogen-bond donors (Lipinski definition) is 2. The molecule has 0 aliphatic rings. The maximum Gasteiger partial charge on any atom is 0.116 e. The molecule has 0 radical (unpaired) electrons. The number of halogens is 1. The van der Waals surface area contributed by atoms with Crippen LogP contribution in [0.15, 0.2) is 30.3 Å². The second kappa shape index (κ2) is 10.9. The summed E-state index contributed by atoms with van der Waals surface area (Å²) in [5.41, 5.74) is 3.30. The van der Waals surface area contributed by atoms with Crippen LogP contribution < -0.4 is 3.07 Å². The standard InChI is InChI=1S/C14H21O.C8H9ClO.C2H4O2.Hg/c1-13(2,3)10-14(4,5)11-6-8-12(15)9-7-11;1-5-3-7(10)4-6(2)8(5)9;1-2(3)4;/h6-8,15H,10H2,1-5H3;3-4,10H,1-2H3;1H3,(H,3,4);/q;;;+1/p-1. The molecule has 2 rings (SSSR count). The third kappa shape index (κ3) is 8.85. The van der Waals surface area contributed by atoms with E-state index in [9.17, 15) is 9.90 Å². The van der Waals surface area contributed by atoms with Crippen molar-refractivity contribution in [2.45, 2.75) is 67.2 Å². The Balaban J connectivity index is 0.000000375. The van der Waals surface area contributed by atoms with E-state index in [1.54, 1.807) is 18.2 Å². The van der Waals surface area contributed by atoms with Gasteiger partial charge in [0.25, 0.3) is 0 Å². The zero-order valence-electron chi connectivity index (χ0n) is 19.4. The minimum atomic E-state index is -2.00. The molecule has 4 nitrogen and oxygen atoms in total. The van der Waals surface area contributed by atoms with Gasteiger partial charge in [-0.25, -0.2) is 0 Å². The molecule has 0 fully saturated rings. The van der Waals surface area contributed by atoms with E-state index in [-0.39, 0.29) is 28.3 Å². The molecule has 2 aromatic carbocycles. The molecule has 6 heteroatoms. The van der Waals surface area contributed by atoms with E-state index < -0.39 is 25.0 Å². The van der Waals surface area contributed by atoms with Gasteiger partial charge < -0.3 is 5.11 Å². The van der Waals surface area contributed by atoms with Crippen LogP contribution in [0.1, 0.15) is 64.7 Å². The van der Waals surface area contributed by atoms with E-state index in [4.69, 9.17) is 19.4 Å². The zero-order chi connectivity index (χ0) is 23.3. The minimum Gasteiger partial charge on any atom is -0.508 e. The van der Waals surface area contributed by atoms with Gasteiger partial charge in [-0.3, -0.25) is 0 Å². The van der Waals surface area contributed by atoms with E-state index in [1.165, 1.54) is 12.5 Å². The van der Waals surface area contributed by atoms with Crippen molar-refractivity contribution in [2.24, 2.45) is 5.41 Å². The summed E-state index contributed by atoms with van der Waals surface area (Å²) in [6.45, 7) is 16.3. The van der Waals surface area contributed by atoms with Crippen LogP contribution in [0.5, 0.6) is 11.5 Å². The van der Waals surface area contributed by atoms with Crippen molar-refractivity contribution in [2.75, 3.05) is 0 Å². The molecule has 0 aliphatic heterocycles. The average Bonchev–Trinajstić information content (AvgIpc) is 2.57. The fourth-order valence-corrected chi connectivity index (χ4v) is 7.37. The van der Waals surface area contributed by atoms with Gasteiger partial charge in [-0.05, 0) is 37.1 Å². The number of aryl methyl sites for hydroxylation is 2. The summed E-state index contributed by atoms with van der Waals surface area (Å²) < 4.78 is 6.08. The fourth-order valence-electron chi connectivity index (χ4n) is 3.65. The van der Waals surface area contributed by atoms with Crippen LogP contribution in [0.3, 0.4) is 0 Å². The van der Waals surface area contributed by atoms with Crippen molar-refractivity contribution < 1.29 is 42.7 Å². The summed E-state index contributed by atoms with van der Waals surface area (Å²) in [5, 5.41) is 19.7. The molecule has 0 amide bonds. The van der Waals surface area contributed by atoms with Gasteiger partial charge in [0.05, 0.1) is 0 Å². The molecule has 0 unspecified atom stereocenters. The molecule has 0 bridgehead atoms. The number of carbonyl (C=O) groups excluding carboxylic acids is 1. The molecule has 0 aliphatic carbocycles.